The number of benzene rings is 1. The first-order valence-electron chi connectivity index (χ1n) is 10.1. The first-order chi connectivity index (χ1) is 13.7. The van der Waals surface area contributed by atoms with Crippen LogP contribution in [-0.2, 0) is 19.2 Å². The fourth-order valence-corrected chi connectivity index (χ4v) is 3.44. The Balaban J connectivity index is 1.45. The van der Waals surface area contributed by atoms with Crippen LogP contribution in [0.3, 0.4) is 0 Å². The van der Waals surface area contributed by atoms with Gasteiger partial charge in [0.1, 0.15) is 0 Å². The van der Waals surface area contributed by atoms with Gasteiger partial charge in [-0.3, -0.25) is 24.1 Å². The molecule has 1 saturated carbocycles. The molecule has 156 valence electrons. The summed E-state index contributed by atoms with van der Waals surface area (Å²) < 4.78 is 0. The monoisotopic (exact) mass is 400 g/mol. The molecule has 2 atom stereocenters. The number of nitrogens with zero attached hydrogens (tertiary/aromatic N) is 1. The molecule has 0 unspecified atom stereocenters. The maximum Gasteiger partial charge on any atom is 0.247 e. The Bertz CT molecular complexity index is 801. The molecule has 1 aliphatic carbocycles. The summed E-state index contributed by atoms with van der Waals surface area (Å²) in [5.74, 6) is -0.443. The lowest BCUT2D eigenvalue weighted by Crippen LogP contribution is -2.45. The molecule has 4 amide bonds. The summed E-state index contributed by atoms with van der Waals surface area (Å²) in [6.07, 6.45) is 2.18. The summed E-state index contributed by atoms with van der Waals surface area (Å²) in [6, 6.07) is 5.96. The van der Waals surface area contributed by atoms with Crippen molar-refractivity contribution >= 4 is 35.0 Å². The molecule has 1 heterocycles. The Morgan fingerprint density at radius 3 is 2.14 bits per heavy atom. The molecule has 0 radical (unpaired) electrons. The number of hydrogen-bond donors (Lipinski definition) is 3. The summed E-state index contributed by atoms with van der Waals surface area (Å²) in [5, 5.41) is 8.74. The van der Waals surface area contributed by atoms with E-state index in [9.17, 15) is 19.2 Å². The van der Waals surface area contributed by atoms with Crippen molar-refractivity contribution in [1.29, 1.82) is 0 Å². The molecular formula is C21H28N4O4. The molecule has 1 aliphatic heterocycles. The van der Waals surface area contributed by atoms with Gasteiger partial charge in [0, 0.05) is 35.8 Å². The second-order valence-corrected chi connectivity index (χ2v) is 8.11. The van der Waals surface area contributed by atoms with Gasteiger partial charge in [-0.1, -0.05) is 0 Å². The molecule has 0 bridgehead atoms. The van der Waals surface area contributed by atoms with E-state index in [1.807, 2.05) is 6.92 Å². The van der Waals surface area contributed by atoms with E-state index in [-0.39, 0.29) is 54.5 Å². The lowest BCUT2D eigenvalue weighted by Gasteiger charge is -2.21. The summed E-state index contributed by atoms with van der Waals surface area (Å²) >= 11 is 0. The molecular weight excluding hydrogens is 372 g/mol. The van der Waals surface area contributed by atoms with Gasteiger partial charge in [-0.2, -0.15) is 0 Å². The van der Waals surface area contributed by atoms with Crippen molar-refractivity contribution in [1.82, 2.24) is 10.2 Å². The number of carbonyl (C=O) groups excluding carboxylic acids is 4. The van der Waals surface area contributed by atoms with Crippen molar-refractivity contribution in [2.45, 2.75) is 64.6 Å². The van der Waals surface area contributed by atoms with Crippen LogP contribution < -0.4 is 16.0 Å². The Hall–Kier alpha value is -2.74. The summed E-state index contributed by atoms with van der Waals surface area (Å²) in [5.41, 5.74) is 1.33. The SMILES string of the molecule is CC(C)N1C(=O)C[C@H](N[C@@H](C)CC(=O)Nc2ccc(NC(=O)C3CC3)cc2)C1=O. The van der Waals surface area contributed by atoms with Gasteiger partial charge in [-0.25, -0.2) is 0 Å². The van der Waals surface area contributed by atoms with Gasteiger partial charge >= 0.3 is 0 Å². The van der Waals surface area contributed by atoms with E-state index >= 15 is 0 Å². The molecule has 1 saturated heterocycles. The molecule has 1 aromatic rings. The van der Waals surface area contributed by atoms with Crippen LogP contribution in [0.15, 0.2) is 24.3 Å². The molecule has 2 fully saturated rings. The third kappa shape index (κ3) is 5.41. The third-order valence-electron chi connectivity index (χ3n) is 5.06. The van der Waals surface area contributed by atoms with Crippen LogP contribution in [0.2, 0.25) is 0 Å². The second-order valence-electron chi connectivity index (χ2n) is 8.11. The van der Waals surface area contributed by atoms with Crippen molar-refractivity contribution in [3.8, 4) is 0 Å². The van der Waals surface area contributed by atoms with Crippen molar-refractivity contribution in [2.75, 3.05) is 10.6 Å². The van der Waals surface area contributed by atoms with E-state index in [2.05, 4.69) is 16.0 Å². The molecule has 29 heavy (non-hydrogen) atoms. The van der Waals surface area contributed by atoms with Gasteiger partial charge < -0.3 is 16.0 Å². The number of amides is 4. The van der Waals surface area contributed by atoms with Crippen LogP contribution in [0.1, 0.15) is 46.5 Å². The highest BCUT2D eigenvalue weighted by Gasteiger charge is 2.40. The van der Waals surface area contributed by atoms with Crippen LogP contribution in [0.25, 0.3) is 0 Å². The largest absolute Gasteiger partial charge is 0.326 e. The average molecular weight is 400 g/mol. The summed E-state index contributed by atoms with van der Waals surface area (Å²) in [6.45, 7) is 5.42. The van der Waals surface area contributed by atoms with Crippen LogP contribution in [-0.4, -0.2) is 46.7 Å². The Morgan fingerprint density at radius 1 is 1.03 bits per heavy atom. The molecule has 8 heteroatoms. The van der Waals surface area contributed by atoms with Crippen LogP contribution >= 0.6 is 0 Å². The van der Waals surface area contributed by atoms with Gasteiger partial charge in [-0.05, 0) is 57.9 Å². The quantitative estimate of drug-likeness (QED) is 0.578. The minimum Gasteiger partial charge on any atom is -0.326 e. The highest BCUT2D eigenvalue weighted by atomic mass is 16.2. The van der Waals surface area contributed by atoms with Gasteiger partial charge in [0.05, 0.1) is 12.5 Å². The normalized spacial score (nSPS) is 20.1. The molecule has 3 rings (SSSR count). The molecule has 8 nitrogen and oxygen atoms in total. The number of anilines is 2. The van der Waals surface area contributed by atoms with Crippen LogP contribution in [0, 0.1) is 5.92 Å². The number of rotatable bonds is 8. The number of nitrogens with one attached hydrogen (secondary N) is 3. The van der Waals surface area contributed by atoms with E-state index in [4.69, 9.17) is 0 Å². The zero-order chi connectivity index (χ0) is 21.1. The molecule has 0 spiro atoms. The number of carbonyl (C=O) groups is 4. The first-order valence-corrected chi connectivity index (χ1v) is 10.1. The zero-order valence-electron chi connectivity index (χ0n) is 17.0. The van der Waals surface area contributed by atoms with E-state index in [1.54, 1.807) is 38.1 Å². The van der Waals surface area contributed by atoms with Gasteiger partial charge in [0.15, 0.2) is 0 Å². The first kappa shape index (κ1) is 21.0. The van der Waals surface area contributed by atoms with Gasteiger partial charge in [-0.15, -0.1) is 0 Å². The van der Waals surface area contributed by atoms with Crippen LogP contribution in [0.5, 0.6) is 0 Å². The lowest BCUT2D eigenvalue weighted by atomic mass is 10.1. The van der Waals surface area contributed by atoms with Crippen molar-refractivity contribution in [3.63, 3.8) is 0 Å². The number of imide groups is 1. The zero-order valence-corrected chi connectivity index (χ0v) is 17.0. The standard InChI is InChI=1S/C21H28N4O4/c1-12(2)25-19(27)11-17(21(25)29)22-13(3)10-18(26)23-15-6-8-16(9-7-15)24-20(28)14-4-5-14/h6-9,12-14,17,22H,4-5,10-11H2,1-3H3,(H,23,26)(H,24,28)/t13-,17-/m0/s1. The Labute approximate surface area is 170 Å². The Morgan fingerprint density at radius 2 is 1.62 bits per heavy atom. The molecule has 1 aromatic carbocycles. The number of hydrogen-bond acceptors (Lipinski definition) is 5. The summed E-state index contributed by atoms with van der Waals surface area (Å²) in [7, 11) is 0. The molecule has 0 aromatic heterocycles. The van der Waals surface area contributed by atoms with Gasteiger partial charge in [0.25, 0.3) is 0 Å². The molecule has 2 aliphatic rings. The predicted molar refractivity (Wildman–Crippen MR) is 109 cm³/mol. The minimum atomic E-state index is -0.581. The highest BCUT2D eigenvalue weighted by molar-refractivity contribution is 6.05. The van der Waals surface area contributed by atoms with Crippen LogP contribution in [0.4, 0.5) is 11.4 Å². The Kier molecular flexibility index (Phi) is 6.32. The predicted octanol–water partition coefficient (Wildman–Crippen LogP) is 1.88. The van der Waals surface area contributed by atoms with Gasteiger partial charge in [0.2, 0.25) is 23.6 Å². The van der Waals surface area contributed by atoms with E-state index < -0.39 is 6.04 Å². The minimum absolute atomic E-state index is 0.0395. The molecule has 3 N–H and O–H groups in total. The average Bonchev–Trinajstić information content (AvgIpc) is 3.43. The smallest absolute Gasteiger partial charge is 0.247 e. The second kappa shape index (κ2) is 8.73. The van der Waals surface area contributed by atoms with E-state index in [0.29, 0.717) is 11.4 Å². The highest BCUT2D eigenvalue weighted by Crippen LogP contribution is 2.30. The number of likely N-dealkylation sites (tertiary alicyclic amines) is 1. The maximum atomic E-state index is 12.3. The lowest BCUT2D eigenvalue weighted by molar-refractivity contribution is -0.141. The summed E-state index contributed by atoms with van der Waals surface area (Å²) in [4.78, 5) is 49.6. The van der Waals surface area contributed by atoms with E-state index in [0.717, 1.165) is 12.8 Å². The van der Waals surface area contributed by atoms with Crippen molar-refractivity contribution in [2.24, 2.45) is 5.92 Å². The van der Waals surface area contributed by atoms with Crippen molar-refractivity contribution < 1.29 is 19.2 Å². The van der Waals surface area contributed by atoms with Crippen molar-refractivity contribution in [3.05, 3.63) is 24.3 Å². The topological polar surface area (TPSA) is 108 Å². The third-order valence-corrected chi connectivity index (χ3v) is 5.06. The van der Waals surface area contributed by atoms with E-state index in [1.165, 1.54) is 4.90 Å². The fraction of sp³-hybridized carbons (Fsp3) is 0.524. The fourth-order valence-electron chi connectivity index (χ4n) is 3.44. The maximum absolute atomic E-state index is 12.3.